The van der Waals surface area contributed by atoms with E-state index in [0.717, 1.165) is 25.7 Å². The van der Waals surface area contributed by atoms with E-state index >= 15 is 0 Å². The number of benzene rings is 1. The highest BCUT2D eigenvalue weighted by Gasteiger charge is 2.50. The van der Waals surface area contributed by atoms with Crippen LogP contribution >= 0.6 is 0 Å². The number of aromatic nitrogens is 1. The maximum atomic E-state index is 13.5. The first kappa shape index (κ1) is 16.6. The molecule has 1 aromatic carbocycles. The summed E-state index contributed by atoms with van der Waals surface area (Å²) >= 11 is 0. The fourth-order valence-corrected chi connectivity index (χ4v) is 5.47. The molecule has 0 radical (unpaired) electrons. The summed E-state index contributed by atoms with van der Waals surface area (Å²) in [5.74, 6) is 1.02. The van der Waals surface area contributed by atoms with E-state index in [1.165, 1.54) is 27.6 Å². The van der Waals surface area contributed by atoms with E-state index in [1.54, 1.807) is 0 Å². The normalized spacial score (nSPS) is 32.7. The number of ketones is 1. The number of nitrogens with one attached hydrogen (secondary N) is 1. The molecule has 2 aliphatic carbocycles. The lowest BCUT2D eigenvalue weighted by molar-refractivity contribution is -0.127. The molecule has 4 atom stereocenters. The predicted molar refractivity (Wildman–Crippen MR) is 104 cm³/mol. The van der Waals surface area contributed by atoms with E-state index in [1.807, 2.05) is 0 Å². The molecule has 1 N–H and O–H groups in total. The van der Waals surface area contributed by atoms with Crippen LogP contribution in [0.2, 0.25) is 0 Å². The molecule has 25 heavy (non-hydrogen) atoms. The lowest BCUT2D eigenvalue weighted by Crippen LogP contribution is -2.31. The molecule has 2 aromatic rings. The molecule has 2 heteroatoms. The third-order valence-electron chi connectivity index (χ3n) is 7.04. The molecule has 0 aliphatic heterocycles. The van der Waals surface area contributed by atoms with Crippen molar-refractivity contribution in [2.45, 2.75) is 59.3 Å². The van der Waals surface area contributed by atoms with Gasteiger partial charge in [-0.15, -0.1) is 0 Å². The summed E-state index contributed by atoms with van der Waals surface area (Å²) < 4.78 is 0. The van der Waals surface area contributed by atoms with Crippen LogP contribution in [0, 0.1) is 17.3 Å². The number of aromatic amines is 1. The van der Waals surface area contributed by atoms with Gasteiger partial charge in [0.15, 0.2) is 0 Å². The number of carbonyl (C=O) groups is 1. The van der Waals surface area contributed by atoms with E-state index < -0.39 is 0 Å². The van der Waals surface area contributed by atoms with Gasteiger partial charge >= 0.3 is 0 Å². The standard InChI is InChI=1S/C23H29NO/c1-14(2)16-9-11-23(4)12-10-17(15(3)22(25)21(16)23)19-13-24-20-8-6-5-7-18(19)20/h5-8,13,15,17,21,24H,9-12H2,1-4H3/t15-,17+,21+,23+/m1/s1. The van der Waals surface area contributed by atoms with E-state index in [4.69, 9.17) is 0 Å². The Hall–Kier alpha value is -1.83. The monoisotopic (exact) mass is 335 g/mol. The van der Waals surface area contributed by atoms with Crippen molar-refractivity contribution in [1.29, 1.82) is 0 Å². The van der Waals surface area contributed by atoms with Gasteiger partial charge in [0.05, 0.1) is 0 Å². The van der Waals surface area contributed by atoms with Gasteiger partial charge in [-0.25, -0.2) is 0 Å². The molecule has 2 aliphatic rings. The van der Waals surface area contributed by atoms with Gasteiger partial charge in [-0.3, -0.25) is 4.79 Å². The average molecular weight is 335 g/mol. The lowest BCUT2D eigenvalue weighted by atomic mass is 9.73. The first-order valence-corrected chi connectivity index (χ1v) is 9.68. The van der Waals surface area contributed by atoms with Crippen LogP contribution in [0.15, 0.2) is 41.6 Å². The average Bonchev–Trinajstić information content (AvgIpc) is 3.14. The highest BCUT2D eigenvalue weighted by molar-refractivity contribution is 5.90. The third kappa shape index (κ3) is 2.49. The Morgan fingerprint density at radius 1 is 1.20 bits per heavy atom. The molecule has 2 saturated carbocycles. The van der Waals surface area contributed by atoms with Crippen LogP contribution in [0.5, 0.6) is 0 Å². The van der Waals surface area contributed by atoms with Crippen molar-refractivity contribution in [1.82, 2.24) is 4.98 Å². The zero-order valence-corrected chi connectivity index (χ0v) is 15.9. The molecule has 0 amide bonds. The molecular formula is C23H29NO. The molecule has 0 bridgehead atoms. The molecular weight excluding hydrogens is 306 g/mol. The fraction of sp³-hybridized carbons (Fsp3) is 0.522. The Morgan fingerprint density at radius 3 is 2.72 bits per heavy atom. The Labute approximate surface area is 150 Å². The van der Waals surface area contributed by atoms with Gasteiger partial charge < -0.3 is 4.98 Å². The van der Waals surface area contributed by atoms with Gasteiger partial charge in [0, 0.05) is 28.9 Å². The van der Waals surface area contributed by atoms with Crippen LogP contribution in [0.25, 0.3) is 10.9 Å². The van der Waals surface area contributed by atoms with Crippen LogP contribution in [0.4, 0.5) is 0 Å². The number of Topliss-reactive ketones (excluding diaryl/α,β-unsaturated/α-hetero) is 1. The zero-order valence-electron chi connectivity index (χ0n) is 15.9. The largest absolute Gasteiger partial charge is 0.361 e. The van der Waals surface area contributed by atoms with Crippen LogP contribution in [-0.2, 0) is 4.79 Å². The number of carbonyl (C=O) groups excluding carboxylic acids is 1. The minimum Gasteiger partial charge on any atom is -0.361 e. The minimum absolute atomic E-state index is 0.0819. The summed E-state index contributed by atoms with van der Waals surface area (Å²) in [6.07, 6.45) is 6.67. The Bertz CT molecular complexity index is 854. The molecule has 0 unspecified atom stereocenters. The van der Waals surface area contributed by atoms with Crippen LogP contribution in [0.1, 0.15) is 64.9 Å². The van der Waals surface area contributed by atoms with Crippen LogP contribution in [-0.4, -0.2) is 10.8 Å². The van der Waals surface area contributed by atoms with E-state index in [0.29, 0.717) is 11.7 Å². The van der Waals surface area contributed by atoms with E-state index in [2.05, 4.69) is 63.1 Å². The van der Waals surface area contributed by atoms with Gasteiger partial charge in [0.25, 0.3) is 0 Å². The quantitative estimate of drug-likeness (QED) is 0.637. The second-order valence-corrected chi connectivity index (χ2v) is 8.74. The van der Waals surface area contributed by atoms with Gasteiger partial charge in [-0.1, -0.05) is 43.2 Å². The summed E-state index contributed by atoms with van der Waals surface area (Å²) in [5.41, 5.74) is 5.45. The van der Waals surface area contributed by atoms with E-state index in [9.17, 15) is 4.79 Å². The molecule has 0 spiro atoms. The third-order valence-corrected chi connectivity index (χ3v) is 7.04. The van der Waals surface area contributed by atoms with Crippen molar-refractivity contribution < 1.29 is 4.79 Å². The van der Waals surface area contributed by atoms with Crippen molar-refractivity contribution >= 4 is 16.7 Å². The maximum absolute atomic E-state index is 13.5. The van der Waals surface area contributed by atoms with Gasteiger partial charge in [-0.05, 0) is 62.5 Å². The number of fused-ring (bicyclic) bond motifs is 2. The Kier molecular flexibility index (Phi) is 3.90. The van der Waals surface area contributed by atoms with Crippen molar-refractivity contribution in [3.8, 4) is 0 Å². The minimum atomic E-state index is 0.0819. The van der Waals surface area contributed by atoms with Crippen LogP contribution < -0.4 is 0 Å². The number of hydrogen-bond donors (Lipinski definition) is 1. The highest BCUT2D eigenvalue weighted by Crippen LogP contribution is 2.56. The van der Waals surface area contributed by atoms with Crippen molar-refractivity contribution in [2.24, 2.45) is 17.3 Å². The number of para-hydroxylation sites is 1. The topological polar surface area (TPSA) is 32.9 Å². The smallest absolute Gasteiger partial charge is 0.143 e. The number of hydrogen-bond acceptors (Lipinski definition) is 1. The molecule has 0 saturated heterocycles. The summed E-state index contributed by atoms with van der Waals surface area (Å²) in [6.45, 7) is 8.89. The molecule has 2 nitrogen and oxygen atoms in total. The second kappa shape index (κ2) is 5.86. The van der Waals surface area contributed by atoms with Gasteiger partial charge in [0.1, 0.15) is 5.78 Å². The molecule has 2 fully saturated rings. The first-order chi connectivity index (χ1) is 11.9. The second-order valence-electron chi connectivity index (χ2n) is 8.74. The summed E-state index contributed by atoms with van der Waals surface area (Å²) in [5, 5.41) is 1.28. The predicted octanol–water partition coefficient (Wildman–Crippen LogP) is 6.00. The Morgan fingerprint density at radius 2 is 1.96 bits per heavy atom. The lowest BCUT2D eigenvalue weighted by Gasteiger charge is -2.30. The van der Waals surface area contributed by atoms with E-state index in [-0.39, 0.29) is 17.3 Å². The molecule has 1 aromatic heterocycles. The highest BCUT2D eigenvalue weighted by atomic mass is 16.1. The van der Waals surface area contributed by atoms with Crippen molar-refractivity contribution in [3.63, 3.8) is 0 Å². The Balaban J connectivity index is 1.77. The summed E-state index contributed by atoms with van der Waals surface area (Å²) in [6, 6.07) is 8.48. The SMILES string of the molecule is CC(C)=C1CC[C@@]2(C)CC[C@H](c3c[nH]c4ccccc34)[C@@H](C)C(=O)[C@H]12. The summed E-state index contributed by atoms with van der Waals surface area (Å²) in [4.78, 5) is 17.0. The van der Waals surface area contributed by atoms with Gasteiger partial charge in [0.2, 0.25) is 0 Å². The molecule has 4 rings (SSSR count). The van der Waals surface area contributed by atoms with Crippen molar-refractivity contribution in [2.75, 3.05) is 0 Å². The number of H-pyrrole nitrogens is 1. The zero-order chi connectivity index (χ0) is 17.8. The molecule has 132 valence electrons. The van der Waals surface area contributed by atoms with Crippen molar-refractivity contribution in [3.05, 3.63) is 47.2 Å². The van der Waals surface area contributed by atoms with Crippen LogP contribution in [0.3, 0.4) is 0 Å². The number of rotatable bonds is 1. The maximum Gasteiger partial charge on any atom is 0.143 e. The molecule has 1 heterocycles. The summed E-state index contributed by atoms with van der Waals surface area (Å²) in [7, 11) is 0. The fourth-order valence-electron chi connectivity index (χ4n) is 5.47. The first-order valence-electron chi connectivity index (χ1n) is 9.68. The number of allylic oxidation sites excluding steroid dienone is 2. The van der Waals surface area contributed by atoms with Gasteiger partial charge in [-0.2, -0.15) is 0 Å².